The minimum Gasteiger partial charge on any atom is -0.389 e. The van der Waals surface area contributed by atoms with E-state index in [4.69, 9.17) is 0 Å². The lowest BCUT2D eigenvalue weighted by molar-refractivity contribution is -0.122. The summed E-state index contributed by atoms with van der Waals surface area (Å²) in [5.41, 5.74) is 1.27. The Labute approximate surface area is 118 Å². The molecule has 1 aromatic rings. The third-order valence-electron chi connectivity index (χ3n) is 3.80. The van der Waals surface area contributed by atoms with Gasteiger partial charge in [0, 0.05) is 24.8 Å². The molecule has 1 saturated heterocycles. The van der Waals surface area contributed by atoms with Crippen LogP contribution in [-0.2, 0) is 4.79 Å². The molecule has 0 aliphatic carbocycles. The van der Waals surface area contributed by atoms with Crippen molar-refractivity contribution in [2.45, 2.75) is 38.3 Å². The molecule has 0 aromatic heterocycles. The summed E-state index contributed by atoms with van der Waals surface area (Å²) in [4.78, 5) is 14.0. The van der Waals surface area contributed by atoms with Crippen LogP contribution < -0.4 is 10.2 Å². The average Bonchev–Trinajstić information content (AvgIpc) is 2.46. The van der Waals surface area contributed by atoms with Gasteiger partial charge in [-0.2, -0.15) is 0 Å². The number of piperidine rings is 1. The van der Waals surface area contributed by atoms with E-state index < -0.39 is 6.10 Å². The Kier molecular flexibility index (Phi) is 4.60. The van der Waals surface area contributed by atoms with Crippen LogP contribution in [0.4, 0.5) is 10.1 Å². The number of aliphatic hydroxyl groups is 1. The topological polar surface area (TPSA) is 52.6 Å². The number of anilines is 1. The fraction of sp³-hybridized carbons (Fsp3) is 0.533. The van der Waals surface area contributed by atoms with Crippen molar-refractivity contribution < 1.29 is 14.3 Å². The molecule has 5 heteroatoms. The standard InChI is InChI=1S/C15H21FN2O2/c1-10(19)12-9-11(16)6-7-13(12)18-8-4-3-5-14(18)15(20)17-2/h6-7,9-10,14,19H,3-5,8H2,1-2H3,(H,17,20)/t10-,14?/m1/s1. The maximum absolute atomic E-state index is 13.4. The van der Waals surface area contributed by atoms with E-state index in [-0.39, 0.29) is 17.8 Å². The number of carbonyl (C=O) groups is 1. The van der Waals surface area contributed by atoms with E-state index in [1.165, 1.54) is 12.1 Å². The van der Waals surface area contributed by atoms with Gasteiger partial charge >= 0.3 is 0 Å². The number of hydrogen-bond acceptors (Lipinski definition) is 3. The van der Waals surface area contributed by atoms with Crippen molar-refractivity contribution in [3.05, 3.63) is 29.6 Å². The van der Waals surface area contributed by atoms with Gasteiger partial charge in [-0.3, -0.25) is 4.79 Å². The highest BCUT2D eigenvalue weighted by molar-refractivity contribution is 5.85. The molecule has 1 fully saturated rings. The highest BCUT2D eigenvalue weighted by Gasteiger charge is 2.30. The van der Waals surface area contributed by atoms with Gasteiger partial charge in [-0.15, -0.1) is 0 Å². The van der Waals surface area contributed by atoms with Crippen molar-refractivity contribution in [1.82, 2.24) is 5.32 Å². The number of halogens is 1. The summed E-state index contributed by atoms with van der Waals surface area (Å²) >= 11 is 0. The first-order chi connectivity index (χ1) is 9.54. The molecule has 0 spiro atoms. The predicted octanol–water partition coefficient (Wildman–Crippen LogP) is 1.98. The summed E-state index contributed by atoms with van der Waals surface area (Å²) in [6, 6.07) is 4.11. The zero-order valence-electron chi connectivity index (χ0n) is 11.9. The Hall–Kier alpha value is -1.62. The van der Waals surface area contributed by atoms with Gasteiger partial charge in [0.25, 0.3) is 0 Å². The molecule has 0 radical (unpaired) electrons. The Balaban J connectivity index is 2.39. The second kappa shape index (κ2) is 6.22. The Bertz CT molecular complexity index is 491. The fourth-order valence-electron chi connectivity index (χ4n) is 2.78. The van der Waals surface area contributed by atoms with E-state index in [0.717, 1.165) is 31.5 Å². The zero-order chi connectivity index (χ0) is 14.7. The summed E-state index contributed by atoms with van der Waals surface area (Å²) < 4.78 is 13.4. The molecule has 2 rings (SSSR count). The van der Waals surface area contributed by atoms with Crippen LogP contribution in [0.25, 0.3) is 0 Å². The van der Waals surface area contributed by atoms with E-state index in [1.807, 2.05) is 4.90 Å². The molecule has 0 saturated carbocycles. The first-order valence-corrected chi connectivity index (χ1v) is 7.00. The molecular formula is C15H21FN2O2. The van der Waals surface area contributed by atoms with Crippen LogP contribution in [0.15, 0.2) is 18.2 Å². The van der Waals surface area contributed by atoms with Gasteiger partial charge in [-0.05, 0) is 44.4 Å². The van der Waals surface area contributed by atoms with E-state index in [1.54, 1.807) is 20.0 Å². The lowest BCUT2D eigenvalue weighted by Crippen LogP contribution is -2.49. The van der Waals surface area contributed by atoms with Gasteiger partial charge in [-0.25, -0.2) is 4.39 Å². The fourth-order valence-corrected chi connectivity index (χ4v) is 2.78. The molecule has 1 unspecified atom stereocenters. The number of nitrogens with one attached hydrogen (secondary N) is 1. The molecule has 110 valence electrons. The number of rotatable bonds is 3. The second-order valence-corrected chi connectivity index (χ2v) is 5.20. The van der Waals surface area contributed by atoms with Crippen molar-refractivity contribution in [3.8, 4) is 0 Å². The van der Waals surface area contributed by atoms with E-state index >= 15 is 0 Å². The minimum absolute atomic E-state index is 0.0365. The molecule has 0 bridgehead atoms. The monoisotopic (exact) mass is 280 g/mol. The number of carbonyl (C=O) groups excluding carboxylic acids is 1. The largest absolute Gasteiger partial charge is 0.389 e. The van der Waals surface area contributed by atoms with Gasteiger partial charge < -0.3 is 15.3 Å². The number of nitrogens with zero attached hydrogens (tertiary/aromatic N) is 1. The highest BCUT2D eigenvalue weighted by Crippen LogP contribution is 2.32. The summed E-state index contributed by atoms with van der Waals surface area (Å²) in [6.45, 7) is 2.35. The van der Waals surface area contributed by atoms with E-state index in [9.17, 15) is 14.3 Å². The molecule has 4 nitrogen and oxygen atoms in total. The average molecular weight is 280 g/mol. The lowest BCUT2D eigenvalue weighted by Gasteiger charge is -2.37. The van der Waals surface area contributed by atoms with Crippen LogP contribution in [0.1, 0.15) is 37.9 Å². The van der Waals surface area contributed by atoms with Gasteiger partial charge in [0.1, 0.15) is 11.9 Å². The summed E-state index contributed by atoms with van der Waals surface area (Å²) in [5.74, 6) is -0.413. The van der Waals surface area contributed by atoms with Crippen LogP contribution in [-0.4, -0.2) is 30.6 Å². The number of amides is 1. The normalized spacial score (nSPS) is 20.6. The Morgan fingerprint density at radius 2 is 2.25 bits per heavy atom. The quantitative estimate of drug-likeness (QED) is 0.890. The van der Waals surface area contributed by atoms with Crippen LogP contribution in [0.2, 0.25) is 0 Å². The van der Waals surface area contributed by atoms with Gasteiger partial charge in [-0.1, -0.05) is 0 Å². The molecule has 20 heavy (non-hydrogen) atoms. The Morgan fingerprint density at radius 1 is 1.50 bits per heavy atom. The molecule has 1 aliphatic heterocycles. The number of benzene rings is 1. The third-order valence-corrected chi connectivity index (χ3v) is 3.80. The predicted molar refractivity (Wildman–Crippen MR) is 76.1 cm³/mol. The summed E-state index contributed by atoms with van der Waals surface area (Å²) in [5, 5.41) is 12.5. The van der Waals surface area contributed by atoms with E-state index in [0.29, 0.717) is 5.56 Å². The van der Waals surface area contributed by atoms with Gasteiger partial charge in [0.05, 0.1) is 6.10 Å². The molecule has 2 N–H and O–H groups in total. The van der Waals surface area contributed by atoms with E-state index in [2.05, 4.69) is 5.32 Å². The minimum atomic E-state index is -0.770. The van der Waals surface area contributed by atoms with Crippen LogP contribution in [0, 0.1) is 5.82 Å². The number of aliphatic hydroxyl groups excluding tert-OH is 1. The molecule has 2 atom stereocenters. The summed E-state index contributed by atoms with van der Waals surface area (Å²) in [6.07, 6.45) is 1.99. The molecule has 1 aromatic carbocycles. The van der Waals surface area contributed by atoms with Gasteiger partial charge in [0.2, 0.25) is 5.91 Å². The third kappa shape index (κ3) is 2.93. The van der Waals surface area contributed by atoms with Crippen molar-refractivity contribution in [2.24, 2.45) is 0 Å². The molecule has 1 amide bonds. The zero-order valence-corrected chi connectivity index (χ0v) is 11.9. The second-order valence-electron chi connectivity index (χ2n) is 5.20. The lowest BCUT2D eigenvalue weighted by atomic mass is 9.98. The maximum Gasteiger partial charge on any atom is 0.242 e. The molecule has 1 aliphatic rings. The SMILES string of the molecule is CNC(=O)C1CCCCN1c1ccc(F)cc1[C@@H](C)O. The van der Waals surface area contributed by atoms with Crippen LogP contribution in [0.5, 0.6) is 0 Å². The first kappa shape index (κ1) is 14.8. The Morgan fingerprint density at radius 3 is 2.90 bits per heavy atom. The van der Waals surface area contributed by atoms with Gasteiger partial charge in [0.15, 0.2) is 0 Å². The number of hydrogen-bond donors (Lipinski definition) is 2. The maximum atomic E-state index is 13.4. The molecule has 1 heterocycles. The van der Waals surface area contributed by atoms with Crippen molar-refractivity contribution in [1.29, 1.82) is 0 Å². The number of likely N-dealkylation sites (N-methyl/N-ethyl adjacent to an activating group) is 1. The molecular weight excluding hydrogens is 259 g/mol. The van der Waals surface area contributed by atoms with Crippen LogP contribution >= 0.6 is 0 Å². The van der Waals surface area contributed by atoms with Crippen molar-refractivity contribution in [3.63, 3.8) is 0 Å². The van der Waals surface area contributed by atoms with Crippen molar-refractivity contribution in [2.75, 3.05) is 18.5 Å². The summed E-state index contributed by atoms with van der Waals surface area (Å²) in [7, 11) is 1.62. The smallest absolute Gasteiger partial charge is 0.242 e. The first-order valence-electron chi connectivity index (χ1n) is 7.00. The van der Waals surface area contributed by atoms with Crippen LogP contribution in [0.3, 0.4) is 0 Å². The highest BCUT2D eigenvalue weighted by atomic mass is 19.1. The van der Waals surface area contributed by atoms with Crippen molar-refractivity contribution >= 4 is 11.6 Å².